The summed E-state index contributed by atoms with van der Waals surface area (Å²) in [6, 6.07) is 5.22. The van der Waals surface area contributed by atoms with Crippen LogP contribution in [0.5, 0.6) is 0 Å². The lowest BCUT2D eigenvalue weighted by Gasteiger charge is -2.09. The first kappa shape index (κ1) is 12.7. The van der Waals surface area contributed by atoms with Crippen LogP contribution in [0.25, 0.3) is 0 Å². The van der Waals surface area contributed by atoms with Gasteiger partial charge in [0.15, 0.2) is 0 Å². The summed E-state index contributed by atoms with van der Waals surface area (Å²) in [5.41, 5.74) is 5.77. The molecule has 0 aliphatic rings. The molecule has 3 N–H and O–H groups in total. The molecule has 0 saturated carbocycles. The minimum atomic E-state index is -0.573. The van der Waals surface area contributed by atoms with E-state index in [0.717, 1.165) is 17.7 Å². The van der Waals surface area contributed by atoms with Crippen molar-refractivity contribution < 1.29 is 4.79 Å². The lowest BCUT2D eigenvalue weighted by molar-refractivity contribution is -0.122. The Hall–Kier alpha value is -1.38. The van der Waals surface area contributed by atoms with Crippen LogP contribution in [0.1, 0.15) is 30.2 Å². The maximum Gasteiger partial charge on any atom is 0.242 e. The van der Waals surface area contributed by atoms with E-state index in [0.29, 0.717) is 13.0 Å². The van der Waals surface area contributed by atoms with E-state index in [2.05, 4.69) is 11.4 Å². The van der Waals surface area contributed by atoms with Crippen molar-refractivity contribution in [3.05, 3.63) is 22.4 Å². The highest BCUT2D eigenvalue weighted by Gasteiger charge is 2.15. The molecular weight excluding hydrogens is 222 g/mol. The van der Waals surface area contributed by atoms with E-state index >= 15 is 0 Å². The molecular formula is C11H15N3OS. The molecule has 0 bridgehead atoms. The Balaban J connectivity index is 2.23. The molecule has 0 aliphatic carbocycles. The van der Waals surface area contributed by atoms with Crippen molar-refractivity contribution in [2.24, 2.45) is 5.73 Å². The van der Waals surface area contributed by atoms with Crippen LogP contribution in [-0.4, -0.2) is 12.5 Å². The molecule has 1 amide bonds. The van der Waals surface area contributed by atoms with Crippen LogP contribution in [0.15, 0.2) is 17.5 Å². The average molecular weight is 237 g/mol. The van der Waals surface area contributed by atoms with Gasteiger partial charge in [0.2, 0.25) is 5.91 Å². The SMILES string of the molecule is N#CCCCCNC(=O)C(N)c1cccs1. The minimum absolute atomic E-state index is 0.153. The van der Waals surface area contributed by atoms with Gasteiger partial charge in [-0.3, -0.25) is 4.79 Å². The molecule has 5 heteroatoms. The minimum Gasteiger partial charge on any atom is -0.354 e. The highest BCUT2D eigenvalue weighted by molar-refractivity contribution is 7.10. The van der Waals surface area contributed by atoms with E-state index in [9.17, 15) is 4.79 Å². The van der Waals surface area contributed by atoms with E-state index in [1.54, 1.807) is 0 Å². The number of carbonyl (C=O) groups is 1. The molecule has 16 heavy (non-hydrogen) atoms. The van der Waals surface area contributed by atoms with Crippen molar-refractivity contribution in [2.45, 2.75) is 25.3 Å². The number of amides is 1. The fraction of sp³-hybridized carbons (Fsp3) is 0.455. The van der Waals surface area contributed by atoms with Gasteiger partial charge in [-0.25, -0.2) is 0 Å². The van der Waals surface area contributed by atoms with Gasteiger partial charge in [0.05, 0.1) is 6.07 Å². The van der Waals surface area contributed by atoms with Crippen LogP contribution in [0, 0.1) is 11.3 Å². The van der Waals surface area contributed by atoms with E-state index < -0.39 is 6.04 Å². The van der Waals surface area contributed by atoms with E-state index in [-0.39, 0.29) is 5.91 Å². The first-order chi connectivity index (χ1) is 7.75. The zero-order chi connectivity index (χ0) is 11.8. The van der Waals surface area contributed by atoms with Crippen LogP contribution in [0.4, 0.5) is 0 Å². The zero-order valence-corrected chi connectivity index (χ0v) is 9.80. The second kappa shape index (κ2) is 6.99. The molecule has 0 aliphatic heterocycles. The number of nitrogens with one attached hydrogen (secondary N) is 1. The molecule has 0 saturated heterocycles. The number of nitriles is 1. The van der Waals surface area contributed by atoms with Crippen LogP contribution >= 0.6 is 11.3 Å². The van der Waals surface area contributed by atoms with Gasteiger partial charge < -0.3 is 11.1 Å². The van der Waals surface area contributed by atoms with Gasteiger partial charge in [-0.1, -0.05) is 6.07 Å². The Labute approximate surface area is 99.1 Å². The molecule has 4 nitrogen and oxygen atoms in total. The molecule has 1 aromatic heterocycles. The molecule has 1 heterocycles. The normalized spacial score (nSPS) is 11.8. The van der Waals surface area contributed by atoms with Gasteiger partial charge in [0.25, 0.3) is 0 Å². The van der Waals surface area contributed by atoms with Crippen molar-refractivity contribution >= 4 is 17.2 Å². The van der Waals surface area contributed by atoms with Crippen LogP contribution in [0.3, 0.4) is 0 Å². The molecule has 0 fully saturated rings. The van der Waals surface area contributed by atoms with Gasteiger partial charge in [0.1, 0.15) is 6.04 Å². The summed E-state index contributed by atoms with van der Waals surface area (Å²) in [6.07, 6.45) is 2.16. The third-order valence-electron chi connectivity index (χ3n) is 2.15. The van der Waals surface area contributed by atoms with E-state index in [1.165, 1.54) is 11.3 Å². The van der Waals surface area contributed by atoms with Crippen molar-refractivity contribution in [3.63, 3.8) is 0 Å². The maximum absolute atomic E-state index is 11.6. The van der Waals surface area contributed by atoms with Crippen molar-refractivity contribution in [1.82, 2.24) is 5.32 Å². The largest absolute Gasteiger partial charge is 0.354 e. The third-order valence-corrected chi connectivity index (χ3v) is 3.10. The number of hydrogen-bond acceptors (Lipinski definition) is 4. The molecule has 1 unspecified atom stereocenters. The molecule has 1 atom stereocenters. The summed E-state index contributed by atoms with van der Waals surface area (Å²) in [4.78, 5) is 12.4. The van der Waals surface area contributed by atoms with Crippen LogP contribution in [-0.2, 0) is 4.79 Å². The maximum atomic E-state index is 11.6. The fourth-order valence-corrected chi connectivity index (χ4v) is 1.97. The quantitative estimate of drug-likeness (QED) is 0.737. The number of thiophene rings is 1. The van der Waals surface area contributed by atoms with Gasteiger partial charge in [-0.2, -0.15) is 5.26 Å². The molecule has 86 valence electrons. The number of rotatable bonds is 6. The van der Waals surface area contributed by atoms with Gasteiger partial charge >= 0.3 is 0 Å². The summed E-state index contributed by atoms with van der Waals surface area (Å²) in [5, 5.41) is 13.0. The molecule has 1 rings (SSSR count). The summed E-state index contributed by atoms with van der Waals surface area (Å²) in [7, 11) is 0. The third kappa shape index (κ3) is 4.01. The Morgan fingerprint density at radius 3 is 3.06 bits per heavy atom. The first-order valence-electron chi connectivity index (χ1n) is 5.19. The number of nitrogens with two attached hydrogens (primary N) is 1. The monoisotopic (exact) mass is 237 g/mol. The van der Waals surface area contributed by atoms with Crippen molar-refractivity contribution in [3.8, 4) is 6.07 Å². The highest BCUT2D eigenvalue weighted by atomic mass is 32.1. The Morgan fingerprint density at radius 2 is 2.44 bits per heavy atom. The predicted octanol–water partition coefficient (Wildman–Crippen LogP) is 1.56. The molecule has 1 aromatic rings. The van der Waals surface area contributed by atoms with E-state index in [4.69, 9.17) is 11.0 Å². The molecule has 0 radical (unpaired) electrons. The van der Waals surface area contributed by atoms with Gasteiger partial charge in [0, 0.05) is 17.8 Å². The molecule has 0 aromatic carbocycles. The predicted molar refractivity (Wildman–Crippen MR) is 63.7 cm³/mol. The zero-order valence-electron chi connectivity index (χ0n) is 8.98. The lowest BCUT2D eigenvalue weighted by atomic mass is 10.2. The summed E-state index contributed by atoms with van der Waals surface area (Å²) in [5.74, 6) is -0.153. The average Bonchev–Trinajstić information content (AvgIpc) is 2.81. The van der Waals surface area contributed by atoms with Crippen LogP contribution in [0.2, 0.25) is 0 Å². The number of hydrogen-bond donors (Lipinski definition) is 2. The Bertz CT molecular complexity index is 356. The van der Waals surface area contributed by atoms with Crippen LogP contribution < -0.4 is 11.1 Å². The smallest absolute Gasteiger partial charge is 0.242 e. The Kier molecular flexibility index (Phi) is 5.54. The number of nitrogens with zero attached hydrogens (tertiary/aromatic N) is 1. The topological polar surface area (TPSA) is 78.9 Å². The second-order valence-electron chi connectivity index (χ2n) is 3.40. The molecule has 0 spiro atoms. The number of carbonyl (C=O) groups excluding carboxylic acids is 1. The summed E-state index contributed by atoms with van der Waals surface area (Å²) in [6.45, 7) is 0.583. The Morgan fingerprint density at radius 1 is 1.62 bits per heavy atom. The standard InChI is InChI=1S/C11H15N3OS/c12-6-2-1-3-7-14-11(15)10(13)9-5-4-8-16-9/h4-5,8,10H,1-3,7,13H2,(H,14,15). The van der Waals surface area contributed by atoms with Gasteiger partial charge in [-0.05, 0) is 24.3 Å². The fourth-order valence-electron chi connectivity index (χ4n) is 1.25. The van der Waals surface area contributed by atoms with Gasteiger partial charge in [-0.15, -0.1) is 11.3 Å². The van der Waals surface area contributed by atoms with E-state index in [1.807, 2.05) is 17.5 Å². The second-order valence-corrected chi connectivity index (χ2v) is 4.38. The van der Waals surface area contributed by atoms with Crippen molar-refractivity contribution in [2.75, 3.05) is 6.54 Å². The highest BCUT2D eigenvalue weighted by Crippen LogP contribution is 2.16. The summed E-state index contributed by atoms with van der Waals surface area (Å²) >= 11 is 1.48. The lowest BCUT2D eigenvalue weighted by Crippen LogP contribution is -2.34. The first-order valence-corrected chi connectivity index (χ1v) is 6.07. The number of unbranched alkanes of at least 4 members (excludes halogenated alkanes) is 2. The van der Waals surface area contributed by atoms with Crippen molar-refractivity contribution in [1.29, 1.82) is 5.26 Å². The summed E-state index contributed by atoms with van der Waals surface area (Å²) < 4.78 is 0.